The predicted molar refractivity (Wildman–Crippen MR) is 82.9 cm³/mol. The first-order chi connectivity index (χ1) is 9.15. The van der Waals surface area contributed by atoms with Gasteiger partial charge >= 0.3 is 0 Å². The maximum atomic E-state index is 12.0. The number of hydrogen-bond acceptors (Lipinski definition) is 3. The number of hydrogen-bond donors (Lipinski definition) is 1. The Labute approximate surface area is 126 Å². The molecule has 1 heterocycles. The number of benzene rings is 1. The van der Waals surface area contributed by atoms with Gasteiger partial charge in [-0.2, -0.15) is 0 Å². The molecule has 0 radical (unpaired) electrons. The number of halogens is 1. The molecular formula is C14H14ClNOS2. The van der Waals surface area contributed by atoms with E-state index in [-0.39, 0.29) is 11.2 Å². The maximum absolute atomic E-state index is 12.0. The average molecular weight is 312 g/mol. The zero-order chi connectivity index (χ0) is 13.7. The number of carbonyl (C=O) groups is 1. The molecule has 0 aliphatic rings. The van der Waals surface area contributed by atoms with Gasteiger partial charge < -0.3 is 5.32 Å². The highest BCUT2D eigenvalue weighted by Crippen LogP contribution is 2.24. The topological polar surface area (TPSA) is 29.1 Å². The number of thiophene rings is 1. The van der Waals surface area contributed by atoms with E-state index in [1.807, 2.05) is 48.7 Å². The molecule has 0 aliphatic carbocycles. The van der Waals surface area contributed by atoms with Crippen LogP contribution >= 0.6 is 34.7 Å². The molecule has 1 aromatic heterocycles. The van der Waals surface area contributed by atoms with Crippen molar-refractivity contribution < 1.29 is 4.79 Å². The summed E-state index contributed by atoms with van der Waals surface area (Å²) in [7, 11) is 0. The monoisotopic (exact) mass is 311 g/mol. The first-order valence-corrected chi connectivity index (χ1v) is 8.01. The average Bonchev–Trinajstić information content (AvgIpc) is 2.91. The van der Waals surface area contributed by atoms with Crippen molar-refractivity contribution in [1.82, 2.24) is 5.32 Å². The fourth-order valence-corrected chi connectivity index (χ4v) is 3.16. The van der Waals surface area contributed by atoms with E-state index in [4.69, 9.17) is 11.6 Å². The highest BCUT2D eigenvalue weighted by Gasteiger charge is 2.13. The number of rotatable bonds is 5. The minimum Gasteiger partial charge on any atom is -0.350 e. The van der Waals surface area contributed by atoms with Gasteiger partial charge in [0, 0.05) is 14.8 Å². The van der Waals surface area contributed by atoms with Crippen LogP contribution in [0.4, 0.5) is 0 Å². The first-order valence-electron chi connectivity index (χ1n) is 5.87. The minimum absolute atomic E-state index is 0.0494. The lowest BCUT2D eigenvalue weighted by Crippen LogP contribution is -2.30. The second kappa shape index (κ2) is 6.98. The van der Waals surface area contributed by atoms with Crippen LogP contribution in [0.2, 0.25) is 5.02 Å². The molecule has 2 aromatic rings. The molecule has 0 aliphatic heterocycles. The summed E-state index contributed by atoms with van der Waals surface area (Å²) < 4.78 is 0. The van der Waals surface area contributed by atoms with E-state index in [0.29, 0.717) is 11.6 Å². The summed E-state index contributed by atoms with van der Waals surface area (Å²) in [5, 5.41) is 5.53. The third-order valence-electron chi connectivity index (χ3n) is 2.51. The van der Waals surface area contributed by atoms with E-state index >= 15 is 0 Å². The maximum Gasteiger partial charge on any atom is 0.233 e. The minimum atomic E-state index is -0.124. The van der Waals surface area contributed by atoms with Crippen molar-refractivity contribution in [3.8, 4) is 0 Å². The molecule has 2 rings (SSSR count). The summed E-state index contributed by atoms with van der Waals surface area (Å²) in [6, 6.07) is 11.5. The lowest BCUT2D eigenvalue weighted by Gasteiger charge is -2.11. The van der Waals surface area contributed by atoms with E-state index < -0.39 is 0 Å². The quantitative estimate of drug-likeness (QED) is 0.839. The molecule has 0 saturated heterocycles. The van der Waals surface area contributed by atoms with E-state index in [9.17, 15) is 4.79 Å². The van der Waals surface area contributed by atoms with Crippen molar-refractivity contribution in [1.29, 1.82) is 0 Å². The van der Waals surface area contributed by atoms with Crippen molar-refractivity contribution in [2.24, 2.45) is 0 Å². The summed E-state index contributed by atoms with van der Waals surface area (Å²) in [6.07, 6.45) is 0. The molecule has 1 amide bonds. The molecule has 0 unspecified atom stereocenters. The van der Waals surface area contributed by atoms with Crippen LogP contribution in [-0.4, -0.2) is 11.2 Å². The fourth-order valence-electron chi connectivity index (χ4n) is 1.50. The van der Waals surface area contributed by atoms with Crippen LogP contribution < -0.4 is 5.32 Å². The van der Waals surface area contributed by atoms with Gasteiger partial charge in [-0.1, -0.05) is 17.7 Å². The summed E-state index contributed by atoms with van der Waals surface area (Å²) in [5.41, 5.74) is 0. The zero-order valence-corrected chi connectivity index (χ0v) is 12.8. The Morgan fingerprint density at radius 1 is 1.37 bits per heavy atom. The van der Waals surface area contributed by atoms with Crippen molar-refractivity contribution >= 4 is 40.6 Å². The van der Waals surface area contributed by atoms with Gasteiger partial charge in [-0.3, -0.25) is 4.79 Å². The Bertz CT molecular complexity index is 525. The Balaban J connectivity index is 1.83. The lowest BCUT2D eigenvalue weighted by atomic mass is 10.4. The molecule has 2 nitrogen and oxygen atoms in total. The van der Waals surface area contributed by atoms with Crippen molar-refractivity contribution in [2.75, 3.05) is 0 Å². The SMILES string of the molecule is C[C@H](Sc1ccc(Cl)cc1)C(=O)NCc1cccs1. The fraction of sp³-hybridized carbons (Fsp3) is 0.214. The molecule has 0 bridgehead atoms. The highest BCUT2D eigenvalue weighted by molar-refractivity contribution is 8.00. The Hall–Kier alpha value is -0.970. The van der Waals surface area contributed by atoms with Crippen LogP contribution in [0.3, 0.4) is 0 Å². The van der Waals surface area contributed by atoms with Crippen LogP contribution in [0.15, 0.2) is 46.7 Å². The lowest BCUT2D eigenvalue weighted by molar-refractivity contribution is -0.120. The predicted octanol–water partition coefficient (Wildman–Crippen LogP) is 4.20. The molecule has 0 fully saturated rings. The van der Waals surface area contributed by atoms with Gasteiger partial charge in [0.1, 0.15) is 0 Å². The van der Waals surface area contributed by atoms with Gasteiger partial charge in [0.05, 0.1) is 11.8 Å². The molecule has 1 aromatic carbocycles. The zero-order valence-electron chi connectivity index (χ0n) is 10.4. The van der Waals surface area contributed by atoms with Gasteiger partial charge in [0.2, 0.25) is 5.91 Å². The van der Waals surface area contributed by atoms with Gasteiger partial charge in [-0.25, -0.2) is 0 Å². The van der Waals surface area contributed by atoms with Gasteiger partial charge in [-0.05, 0) is 42.6 Å². The molecule has 5 heteroatoms. The largest absolute Gasteiger partial charge is 0.350 e. The summed E-state index contributed by atoms with van der Waals surface area (Å²) >= 11 is 9.01. The third kappa shape index (κ3) is 4.56. The van der Waals surface area contributed by atoms with Crippen LogP contribution in [0.1, 0.15) is 11.8 Å². The number of nitrogens with one attached hydrogen (secondary N) is 1. The Kier molecular flexibility index (Phi) is 5.31. The van der Waals surface area contributed by atoms with Crippen molar-refractivity contribution in [2.45, 2.75) is 23.6 Å². The molecule has 100 valence electrons. The number of thioether (sulfide) groups is 1. The van der Waals surface area contributed by atoms with E-state index in [2.05, 4.69) is 5.32 Å². The van der Waals surface area contributed by atoms with E-state index in [1.54, 1.807) is 11.3 Å². The molecule has 0 spiro atoms. The normalized spacial score (nSPS) is 12.1. The second-order valence-electron chi connectivity index (χ2n) is 4.01. The van der Waals surface area contributed by atoms with Gasteiger partial charge in [0.25, 0.3) is 0 Å². The van der Waals surface area contributed by atoms with Crippen LogP contribution in [0, 0.1) is 0 Å². The van der Waals surface area contributed by atoms with E-state index in [0.717, 1.165) is 9.77 Å². The number of carbonyl (C=O) groups excluding carboxylic acids is 1. The van der Waals surface area contributed by atoms with Crippen LogP contribution in [-0.2, 0) is 11.3 Å². The second-order valence-corrected chi connectivity index (χ2v) is 6.89. The van der Waals surface area contributed by atoms with Gasteiger partial charge in [-0.15, -0.1) is 23.1 Å². The Morgan fingerprint density at radius 2 is 2.11 bits per heavy atom. The molecule has 0 saturated carbocycles. The first kappa shape index (κ1) is 14.4. The van der Waals surface area contributed by atoms with Gasteiger partial charge in [0.15, 0.2) is 0 Å². The highest BCUT2D eigenvalue weighted by atomic mass is 35.5. The summed E-state index contributed by atoms with van der Waals surface area (Å²) in [6.45, 7) is 2.51. The molecule has 1 atom stereocenters. The van der Waals surface area contributed by atoms with Crippen molar-refractivity contribution in [3.05, 3.63) is 51.7 Å². The third-order valence-corrected chi connectivity index (χ3v) is 4.75. The molecule has 1 N–H and O–H groups in total. The summed E-state index contributed by atoms with van der Waals surface area (Å²) in [4.78, 5) is 14.2. The smallest absolute Gasteiger partial charge is 0.233 e. The van der Waals surface area contributed by atoms with E-state index in [1.165, 1.54) is 11.8 Å². The van der Waals surface area contributed by atoms with Crippen LogP contribution in [0.5, 0.6) is 0 Å². The Morgan fingerprint density at radius 3 is 2.74 bits per heavy atom. The van der Waals surface area contributed by atoms with Crippen molar-refractivity contribution in [3.63, 3.8) is 0 Å². The van der Waals surface area contributed by atoms with Crippen LogP contribution in [0.25, 0.3) is 0 Å². The standard InChI is InChI=1S/C14H14ClNOS2/c1-10(19-12-6-4-11(15)5-7-12)14(17)16-9-13-3-2-8-18-13/h2-8,10H,9H2,1H3,(H,16,17)/t10-/m0/s1. The number of amides is 1. The summed E-state index contributed by atoms with van der Waals surface area (Å²) in [5.74, 6) is 0.0494. The molecule has 19 heavy (non-hydrogen) atoms. The molecular weight excluding hydrogens is 298 g/mol.